The molecular formula is C19H24ClN3O3S. The second kappa shape index (κ2) is 8.29. The van der Waals surface area contributed by atoms with E-state index in [-0.39, 0.29) is 29.3 Å². The fourth-order valence-corrected chi connectivity index (χ4v) is 4.49. The summed E-state index contributed by atoms with van der Waals surface area (Å²) in [5, 5.41) is 0. The Labute approximate surface area is 166 Å². The number of hydrogen-bond donors (Lipinski definition) is 2. The molecule has 27 heavy (non-hydrogen) atoms. The molecule has 0 atom stereocenters. The Balaban J connectivity index is 0.00000261. The Kier molecular flexibility index (Phi) is 6.51. The monoisotopic (exact) mass is 409 g/mol. The van der Waals surface area contributed by atoms with Gasteiger partial charge in [0.25, 0.3) is 5.91 Å². The molecule has 0 unspecified atom stereocenters. The number of sulfonamides is 1. The van der Waals surface area contributed by atoms with Gasteiger partial charge in [-0.3, -0.25) is 4.79 Å². The third-order valence-electron chi connectivity index (χ3n) is 4.31. The number of nitrogen functional groups attached to an aromatic ring is 1. The van der Waals surface area contributed by atoms with E-state index < -0.39 is 10.0 Å². The van der Waals surface area contributed by atoms with Crippen molar-refractivity contribution in [2.24, 2.45) is 0 Å². The molecule has 3 rings (SSSR count). The molecule has 0 radical (unpaired) electrons. The number of nitrogens with two attached hydrogens (primary N) is 1. The lowest BCUT2D eigenvalue weighted by atomic mass is 9.99. The average molecular weight is 410 g/mol. The molecule has 0 saturated heterocycles. The van der Waals surface area contributed by atoms with E-state index in [2.05, 4.69) is 4.72 Å². The van der Waals surface area contributed by atoms with Crippen molar-refractivity contribution >= 4 is 39.7 Å². The van der Waals surface area contributed by atoms with E-state index in [0.29, 0.717) is 17.8 Å². The van der Waals surface area contributed by atoms with E-state index in [9.17, 15) is 13.2 Å². The fraction of sp³-hybridized carbons (Fsp3) is 0.316. The maximum Gasteiger partial charge on any atom is 0.258 e. The summed E-state index contributed by atoms with van der Waals surface area (Å²) in [6.45, 7) is 4.08. The molecule has 8 heteroatoms. The van der Waals surface area contributed by atoms with Gasteiger partial charge in [-0.1, -0.05) is 12.1 Å². The van der Waals surface area contributed by atoms with Crippen LogP contribution in [0.2, 0.25) is 0 Å². The average Bonchev–Trinajstić information content (AvgIpc) is 2.60. The molecule has 0 aromatic heterocycles. The normalized spacial score (nSPS) is 13.8. The van der Waals surface area contributed by atoms with Crippen LogP contribution in [0, 0.1) is 0 Å². The van der Waals surface area contributed by atoms with Crippen LogP contribution in [0.5, 0.6) is 0 Å². The van der Waals surface area contributed by atoms with Crippen molar-refractivity contribution in [3.63, 3.8) is 0 Å². The highest BCUT2D eigenvalue weighted by molar-refractivity contribution is 7.89. The number of nitrogens with one attached hydrogen (secondary N) is 1. The maximum atomic E-state index is 13.0. The highest BCUT2D eigenvalue weighted by atomic mass is 35.5. The van der Waals surface area contributed by atoms with Crippen LogP contribution in [0.3, 0.4) is 0 Å². The summed E-state index contributed by atoms with van der Waals surface area (Å²) >= 11 is 0. The number of benzene rings is 2. The van der Waals surface area contributed by atoms with Gasteiger partial charge < -0.3 is 10.6 Å². The Morgan fingerprint density at radius 1 is 1.19 bits per heavy atom. The first-order valence-electron chi connectivity index (χ1n) is 8.61. The Morgan fingerprint density at radius 2 is 1.89 bits per heavy atom. The molecule has 1 aliphatic rings. The predicted molar refractivity (Wildman–Crippen MR) is 110 cm³/mol. The summed E-state index contributed by atoms with van der Waals surface area (Å²) in [7, 11) is -3.65. The molecule has 146 valence electrons. The SMILES string of the molecule is CC(C)NS(=O)(=O)c1cccc(C(=O)N2CCCc3c(N)cccc32)c1.Cl. The zero-order valence-electron chi connectivity index (χ0n) is 15.3. The molecule has 0 bridgehead atoms. The van der Waals surface area contributed by atoms with Crippen LogP contribution in [0.15, 0.2) is 47.4 Å². The van der Waals surface area contributed by atoms with Gasteiger partial charge in [-0.05, 0) is 62.6 Å². The number of nitrogens with zero attached hydrogens (tertiary/aromatic N) is 1. The largest absolute Gasteiger partial charge is 0.398 e. The lowest BCUT2D eigenvalue weighted by Crippen LogP contribution is -2.36. The van der Waals surface area contributed by atoms with Gasteiger partial charge in [0.2, 0.25) is 10.0 Å². The lowest BCUT2D eigenvalue weighted by Gasteiger charge is -2.30. The molecule has 0 aliphatic carbocycles. The zero-order chi connectivity index (χ0) is 18.9. The van der Waals surface area contributed by atoms with Gasteiger partial charge >= 0.3 is 0 Å². The van der Waals surface area contributed by atoms with Crippen molar-refractivity contribution in [3.05, 3.63) is 53.6 Å². The van der Waals surface area contributed by atoms with Crippen LogP contribution >= 0.6 is 12.4 Å². The van der Waals surface area contributed by atoms with Crippen molar-refractivity contribution in [1.29, 1.82) is 0 Å². The molecule has 3 N–H and O–H groups in total. The first-order valence-corrected chi connectivity index (χ1v) is 10.1. The number of carbonyl (C=O) groups excluding carboxylic acids is 1. The van der Waals surface area contributed by atoms with Crippen LogP contribution in [-0.2, 0) is 16.4 Å². The highest BCUT2D eigenvalue weighted by Crippen LogP contribution is 2.32. The summed E-state index contributed by atoms with van der Waals surface area (Å²) < 4.78 is 27.3. The molecule has 2 aromatic rings. The predicted octanol–water partition coefficient (Wildman–Crippen LogP) is 2.97. The molecule has 0 saturated carbocycles. The van der Waals surface area contributed by atoms with Crippen molar-refractivity contribution in [2.75, 3.05) is 17.2 Å². The van der Waals surface area contributed by atoms with Crippen LogP contribution < -0.4 is 15.4 Å². The van der Waals surface area contributed by atoms with Gasteiger partial charge in [-0.2, -0.15) is 0 Å². The van der Waals surface area contributed by atoms with E-state index in [4.69, 9.17) is 5.73 Å². The van der Waals surface area contributed by atoms with Gasteiger partial charge in [0.05, 0.1) is 4.90 Å². The number of anilines is 2. The molecule has 1 heterocycles. The first-order chi connectivity index (χ1) is 12.3. The van der Waals surface area contributed by atoms with Crippen LogP contribution in [-0.4, -0.2) is 26.9 Å². The van der Waals surface area contributed by atoms with E-state index >= 15 is 0 Å². The van der Waals surface area contributed by atoms with Gasteiger partial charge in [-0.15, -0.1) is 12.4 Å². The lowest BCUT2D eigenvalue weighted by molar-refractivity contribution is 0.0985. The number of halogens is 1. The first kappa shape index (κ1) is 21.2. The summed E-state index contributed by atoms with van der Waals surface area (Å²) in [4.78, 5) is 14.8. The molecule has 0 fully saturated rings. The molecule has 6 nitrogen and oxygen atoms in total. The minimum atomic E-state index is -3.65. The summed E-state index contributed by atoms with van der Waals surface area (Å²) in [5.74, 6) is -0.224. The number of fused-ring (bicyclic) bond motifs is 1. The summed E-state index contributed by atoms with van der Waals surface area (Å²) in [6.07, 6.45) is 1.65. The Hall–Kier alpha value is -2.09. The molecule has 1 aliphatic heterocycles. The third-order valence-corrected chi connectivity index (χ3v) is 5.97. The second-order valence-electron chi connectivity index (χ2n) is 6.71. The van der Waals surface area contributed by atoms with Crippen molar-refractivity contribution in [1.82, 2.24) is 4.72 Å². The van der Waals surface area contributed by atoms with E-state index in [1.54, 1.807) is 30.9 Å². The quantitative estimate of drug-likeness (QED) is 0.759. The molecule has 1 amide bonds. The number of hydrogen-bond acceptors (Lipinski definition) is 4. The van der Waals surface area contributed by atoms with Gasteiger partial charge in [0, 0.05) is 29.5 Å². The minimum absolute atomic E-state index is 0. The van der Waals surface area contributed by atoms with Crippen LogP contribution in [0.25, 0.3) is 0 Å². The van der Waals surface area contributed by atoms with Crippen LogP contribution in [0.4, 0.5) is 11.4 Å². The number of carbonyl (C=O) groups is 1. The maximum absolute atomic E-state index is 13.0. The Morgan fingerprint density at radius 3 is 2.59 bits per heavy atom. The number of amides is 1. The third kappa shape index (κ3) is 4.43. The standard InChI is InChI=1S/C19H23N3O3S.ClH/c1-13(2)21-26(24,25)15-7-3-6-14(12-15)19(23)22-11-5-8-16-17(20)9-4-10-18(16)22;/h3-4,6-7,9-10,12-13,21H,5,8,11,20H2,1-2H3;1H. The van der Waals surface area contributed by atoms with Crippen LogP contribution in [0.1, 0.15) is 36.2 Å². The van der Waals surface area contributed by atoms with Gasteiger partial charge in [-0.25, -0.2) is 13.1 Å². The number of rotatable bonds is 4. The Bertz CT molecular complexity index is 945. The highest BCUT2D eigenvalue weighted by Gasteiger charge is 2.26. The topological polar surface area (TPSA) is 92.5 Å². The van der Waals surface area contributed by atoms with Crippen molar-refractivity contribution in [3.8, 4) is 0 Å². The van der Waals surface area contributed by atoms with Crippen molar-refractivity contribution < 1.29 is 13.2 Å². The van der Waals surface area contributed by atoms with E-state index in [1.807, 2.05) is 18.2 Å². The summed E-state index contributed by atoms with van der Waals surface area (Å²) in [6, 6.07) is 11.5. The minimum Gasteiger partial charge on any atom is -0.398 e. The zero-order valence-corrected chi connectivity index (χ0v) is 16.9. The van der Waals surface area contributed by atoms with Gasteiger partial charge in [0.15, 0.2) is 0 Å². The smallest absolute Gasteiger partial charge is 0.258 e. The van der Waals surface area contributed by atoms with E-state index in [1.165, 1.54) is 12.1 Å². The molecular weight excluding hydrogens is 386 g/mol. The summed E-state index contributed by atoms with van der Waals surface area (Å²) in [5.41, 5.74) is 8.83. The molecule has 0 spiro atoms. The van der Waals surface area contributed by atoms with Crippen molar-refractivity contribution in [2.45, 2.75) is 37.6 Å². The fourth-order valence-electron chi connectivity index (χ4n) is 3.19. The van der Waals surface area contributed by atoms with E-state index in [0.717, 1.165) is 24.1 Å². The molecule has 2 aromatic carbocycles. The second-order valence-corrected chi connectivity index (χ2v) is 8.42. The van der Waals surface area contributed by atoms with Gasteiger partial charge in [0.1, 0.15) is 0 Å².